The van der Waals surface area contributed by atoms with E-state index < -0.39 is 0 Å². The number of fused-ring (bicyclic) bond motifs is 1. The number of carbonyl (C=O) groups excluding carboxylic acids is 1. The van der Waals surface area contributed by atoms with Crippen LogP contribution >= 0.6 is 0 Å². The molecule has 0 saturated carbocycles. The Morgan fingerprint density at radius 2 is 2.04 bits per heavy atom. The van der Waals surface area contributed by atoms with E-state index in [1.165, 1.54) is 0 Å². The molecule has 1 aliphatic heterocycles. The first-order valence-electron chi connectivity index (χ1n) is 9.50. The van der Waals surface area contributed by atoms with Crippen molar-refractivity contribution in [2.75, 3.05) is 49.6 Å². The van der Waals surface area contributed by atoms with Crippen LogP contribution < -0.4 is 15.5 Å². The molecular formula is C20H24N6O2. The van der Waals surface area contributed by atoms with Gasteiger partial charge in [-0.1, -0.05) is 18.2 Å². The van der Waals surface area contributed by atoms with Gasteiger partial charge in [0.2, 0.25) is 5.91 Å². The maximum Gasteiger partial charge on any atom is 0.224 e. The fraction of sp³-hybridized carbons (Fsp3) is 0.350. The maximum absolute atomic E-state index is 12.2. The Bertz CT molecular complexity index is 935. The molecule has 4 rings (SSSR count). The van der Waals surface area contributed by atoms with Crippen molar-refractivity contribution in [1.82, 2.24) is 20.3 Å². The second-order valence-corrected chi connectivity index (χ2v) is 6.67. The van der Waals surface area contributed by atoms with Crippen molar-refractivity contribution in [1.29, 1.82) is 0 Å². The number of morpholine rings is 1. The second-order valence-electron chi connectivity index (χ2n) is 6.67. The predicted molar refractivity (Wildman–Crippen MR) is 109 cm³/mol. The highest BCUT2D eigenvalue weighted by Gasteiger charge is 2.13. The number of hydrogen-bond donors (Lipinski definition) is 3. The molecule has 1 fully saturated rings. The van der Waals surface area contributed by atoms with Crippen molar-refractivity contribution in [3.05, 3.63) is 48.4 Å². The molecule has 1 aromatic carbocycles. The number of H-pyrrole nitrogens is 1. The molecule has 2 aromatic heterocycles. The van der Waals surface area contributed by atoms with Crippen LogP contribution in [0.1, 0.15) is 5.56 Å². The minimum Gasteiger partial charge on any atom is -0.378 e. The molecule has 146 valence electrons. The Hall–Kier alpha value is -3.13. The molecule has 0 unspecified atom stereocenters. The molecule has 0 bridgehead atoms. The normalized spacial score (nSPS) is 14.2. The highest BCUT2D eigenvalue weighted by atomic mass is 16.5. The van der Waals surface area contributed by atoms with Gasteiger partial charge in [-0.05, 0) is 11.6 Å². The summed E-state index contributed by atoms with van der Waals surface area (Å²) in [4.78, 5) is 26.2. The van der Waals surface area contributed by atoms with E-state index in [9.17, 15) is 4.79 Å². The maximum atomic E-state index is 12.2. The summed E-state index contributed by atoms with van der Waals surface area (Å²) >= 11 is 0. The highest BCUT2D eigenvalue weighted by Crippen LogP contribution is 2.18. The first-order chi connectivity index (χ1) is 13.8. The topological polar surface area (TPSA) is 95.2 Å². The van der Waals surface area contributed by atoms with Gasteiger partial charge < -0.3 is 25.3 Å². The first-order valence-corrected chi connectivity index (χ1v) is 9.50. The Labute approximate surface area is 163 Å². The number of carbonyl (C=O) groups is 1. The third-order valence-corrected chi connectivity index (χ3v) is 4.77. The van der Waals surface area contributed by atoms with Crippen LogP contribution in [-0.4, -0.2) is 60.3 Å². The number of anilines is 2. The van der Waals surface area contributed by atoms with Gasteiger partial charge in [0.15, 0.2) is 0 Å². The molecule has 1 aliphatic rings. The van der Waals surface area contributed by atoms with Gasteiger partial charge in [-0.3, -0.25) is 4.79 Å². The number of benzene rings is 1. The summed E-state index contributed by atoms with van der Waals surface area (Å²) in [5.74, 6) is 1.65. The quantitative estimate of drug-likeness (QED) is 0.539. The Morgan fingerprint density at radius 1 is 1.18 bits per heavy atom. The molecule has 3 N–H and O–H groups in total. The number of ether oxygens (including phenoxy) is 1. The predicted octanol–water partition coefficient (Wildman–Crippen LogP) is 1.57. The summed E-state index contributed by atoms with van der Waals surface area (Å²) < 4.78 is 5.37. The van der Waals surface area contributed by atoms with Crippen LogP contribution in [0.3, 0.4) is 0 Å². The molecule has 0 aliphatic carbocycles. The summed E-state index contributed by atoms with van der Waals surface area (Å²) in [5, 5.41) is 7.28. The Morgan fingerprint density at radius 3 is 2.93 bits per heavy atom. The number of nitrogens with one attached hydrogen (secondary N) is 3. The van der Waals surface area contributed by atoms with Gasteiger partial charge >= 0.3 is 0 Å². The van der Waals surface area contributed by atoms with Crippen LogP contribution in [0.5, 0.6) is 0 Å². The Kier molecular flexibility index (Phi) is 5.67. The zero-order valence-corrected chi connectivity index (χ0v) is 15.6. The summed E-state index contributed by atoms with van der Waals surface area (Å²) in [6.07, 6.45) is 3.82. The molecule has 0 spiro atoms. The summed E-state index contributed by atoms with van der Waals surface area (Å²) in [6.45, 7) is 4.22. The number of aromatic nitrogens is 3. The molecule has 0 atom stereocenters. The number of hydrogen-bond acceptors (Lipinski definition) is 6. The van der Waals surface area contributed by atoms with E-state index in [0.717, 1.165) is 54.4 Å². The Balaban J connectivity index is 1.24. The lowest BCUT2D eigenvalue weighted by atomic mass is 10.1. The molecule has 28 heavy (non-hydrogen) atoms. The van der Waals surface area contributed by atoms with Crippen LogP contribution in [0.2, 0.25) is 0 Å². The lowest BCUT2D eigenvalue weighted by molar-refractivity contribution is -0.120. The zero-order valence-electron chi connectivity index (χ0n) is 15.6. The van der Waals surface area contributed by atoms with Crippen LogP contribution in [0.4, 0.5) is 11.6 Å². The molecule has 8 heteroatoms. The summed E-state index contributed by atoms with van der Waals surface area (Å²) in [6, 6.07) is 9.92. The fourth-order valence-corrected chi connectivity index (χ4v) is 3.31. The van der Waals surface area contributed by atoms with E-state index in [0.29, 0.717) is 19.5 Å². The van der Waals surface area contributed by atoms with Gasteiger partial charge in [0, 0.05) is 49.3 Å². The van der Waals surface area contributed by atoms with E-state index in [4.69, 9.17) is 4.74 Å². The highest BCUT2D eigenvalue weighted by molar-refractivity contribution is 5.88. The number of nitrogens with zero attached hydrogens (tertiary/aromatic N) is 3. The van der Waals surface area contributed by atoms with Crippen LogP contribution in [0, 0.1) is 0 Å². The summed E-state index contributed by atoms with van der Waals surface area (Å²) in [5.41, 5.74) is 2.05. The number of aromatic amines is 1. The van der Waals surface area contributed by atoms with Gasteiger partial charge in [-0.2, -0.15) is 0 Å². The molecule has 1 amide bonds. The zero-order chi connectivity index (χ0) is 19.2. The molecule has 1 saturated heterocycles. The van der Waals surface area contributed by atoms with Gasteiger partial charge in [0.1, 0.15) is 18.0 Å². The minimum absolute atomic E-state index is 0.00301. The molecule has 0 radical (unpaired) electrons. The lowest BCUT2D eigenvalue weighted by Gasteiger charge is -2.27. The van der Waals surface area contributed by atoms with Crippen LogP contribution in [-0.2, 0) is 16.0 Å². The van der Waals surface area contributed by atoms with Crippen LogP contribution in [0.15, 0.2) is 42.9 Å². The van der Waals surface area contributed by atoms with Crippen molar-refractivity contribution in [3.63, 3.8) is 0 Å². The lowest BCUT2D eigenvalue weighted by Crippen LogP contribution is -2.36. The average Bonchev–Trinajstić information content (AvgIpc) is 3.15. The van der Waals surface area contributed by atoms with Gasteiger partial charge in [-0.15, -0.1) is 0 Å². The van der Waals surface area contributed by atoms with Crippen molar-refractivity contribution in [3.8, 4) is 0 Å². The molecular weight excluding hydrogens is 356 g/mol. The first kappa shape index (κ1) is 18.2. The molecule has 3 heterocycles. The SMILES string of the molecule is O=C(Cc1c[nH]c2ccccc12)NCCNc1cc(N2CCOCC2)ncn1. The smallest absolute Gasteiger partial charge is 0.224 e. The van der Waals surface area contributed by atoms with Crippen molar-refractivity contribution < 1.29 is 9.53 Å². The standard InChI is InChI=1S/C20H24N6O2/c27-20(11-15-13-23-17-4-2-1-3-16(15)17)22-6-5-21-18-12-19(25-14-24-18)26-7-9-28-10-8-26/h1-4,12-14,23H,5-11H2,(H,22,27)(H,21,24,25). The monoisotopic (exact) mass is 380 g/mol. The molecule has 8 nitrogen and oxygen atoms in total. The van der Waals surface area contributed by atoms with Crippen LogP contribution in [0.25, 0.3) is 10.9 Å². The van der Waals surface area contributed by atoms with E-state index in [1.54, 1.807) is 6.33 Å². The number of para-hydroxylation sites is 1. The largest absolute Gasteiger partial charge is 0.378 e. The summed E-state index contributed by atoms with van der Waals surface area (Å²) in [7, 11) is 0. The number of rotatable bonds is 7. The van der Waals surface area contributed by atoms with Gasteiger partial charge in [-0.25, -0.2) is 9.97 Å². The van der Waals surface area contributed by atoms with Gasteiger partial charge in [0.05, 0.1) is 19.6 Å². The third-order valence-electron chi connectivity index (χ3n) is 4.77. The fourth-order valence-electron chi connectivity index (χ4n) is 3.31. The number of amides is 1. The minimum atomic E-state index is 0.00301. The van der Waals surface area contributed by atoms with Crippen molar-refractivity contribution in [2.24, 2.45) is 0 Å². The van der Waals surface area contributed by atoms with E-state index in [1.807, 2.05) is 36.5 Å². The van der Waals surface area contributed by atoms with E-state index in [2.05, 4.69) is 30.5 Å². The van der Waals surface area contributed by atoms with Crippen molar-refractivity contribution >= 4 is 28.4 Å². The van der Waals surface area contributed by atoms with E-state index in [-0.39, 0.29) is 5.91 Å². The van der Waals surface area contributed by atoms with E-state index >= 15 is 0 Å². The molecule has 3 aromatic rings. The van der Waals surface area contributed by atoms with Gasteiger partial charge in [0.25, 0.3) is 0 Å². The van der Waals surface area contributed by atoms with Crippen molar-refractivity contribution in [2.45, 2.75) is 6.42 Å². The average molecular weight is 380 g/mol. The second kappa shape index (κ2) is 8.71. The third kappa shape index (κ3) is 4.40.